The van der Waals surface area contributed by atoms with Crippen LogP contribution in [0, 0.1) is 10.1 Å². The van der Waals surface area contributed by atoms with E-state index in [0.717, 1.165) is 0 Å². The molecule has 0 saturated carbocycles. The average molecular weight is 329 g/mol. The summed E-state index contributed by atoms with van der Waals surface area (Å²) in [5, 5.41) is 20.0. The molecule has 2 aromatic carbocycles. The van der Waals surface area contributed by atoms with Gasteiger partial charge < -0.3 is 9.84 Å². The largest absolute Gasteiger partial charge is 0.489 e. The molecule has 124 valence electrons. The first-order valence-electron chi connectivity index (χ1n) is 7.09. The van der Waals surface area contributed by atoms with Crippen molar-refractivity contribution < 1.29 is 24.4 Å². The Kier molecular flexibility index (Phi) is 5.26. The molecule has 0 heterocycles. The number of benzene rings is 2. The van der Waals surface area contributed by atoms with Gasteiger partial charge in [0.1, 0.15) is 12.4 Å². The van der Waals surface area contributed by atoms with Crippen molar-refractivity contribution in [2.45, 2.75) is 20.0 Å². The summed E-state index contributed by atoms with van der Waals surface area (Å²) in [6.07, 6.45) is -0.136. The normalized spacial score (nSPS) is 10.2. The Morgan fingerprint density at radius 2 is 1.83 bits per heavy atom. The minimum Gasteiger partial charge on any atom is -0.489 e. The maximum absolute atomic E-state index is 11.4. The summed E-state index contributed by atoms with van der Waals surface area (Å²) in [5.74, 6) is -1.12. The van der Waals surface area contributed by atoms with Crippen LogP contribution in [0.3, 0.4) is 0 Å². The van der Waals surface area contributed by atoms with E-state index in [1.165, 1.54) is 25.1 Å². The molecule has 0 aliphatic carbocycles. The Balaban J connectivity index is 2.21. The monoisotopic (exact) mass is 329 g/mol. The van der Waals surface area contributed by atoms with E-state index in [1.807, 2.05) is 0 Å². The molecule has 7 nitrogen and oxygen atoms in total. The number of nitro groups is 1. The number of nitrogens with zero attached hydrogens (tertiary/aromatic N) is 1. The van der Waals surface area contributed by atoms with Crippen molar-refractivity contribution in [3.63, 3.8) is 0 Å². The number of hydrogen-bond acceptors (Lipinski definition) is 5. The molecule has 24 heavy (non-hydrogen) atoms. The van der Waals surface area contributed by atoms with Crippen molar-refractivity contribution in [3.05, 3.63) is 69.3 Å². The molecule has 0 aliphatic heterocycles. The second-order valence-corrected chi connectivity index (χ2v) is 5.12. The van der Waals surface area contributed by atoms with E-state index in [1.54, 1.807) is 24.3 Å². The van der Waals surface area contributed by atoms with Crippen molar-refractivity contribution in [1.29, 1.82) is 0 Å². The molecule has 0 radical (unpaired) electrons. The topological polar surface area (TPSA) is 107 Å². The molecule has 7 heteroatoms. The van der Waals surface area contributed by atoms with Crippen LogP contribution in [0.25, 0.3) is 0 Å². The van der Waals surface area contributed by atoms with E-state index in [4.69, 9.17) is 9.84 Å². The number of carboxylic acids is 1. The second-order valence-electron chi connectivity index (χ2n) is 5.12. The third kappa shape index (κ3) is 4.16. The molecule has 0 fully saturated rings. The van der Waals surface area contributed by atoms with Crippen LogP contribution < -0.4 is 4.74 Å². The molecule has 0 spiro atoms. The molecule has 0 amide bonds. The molecule has 0 unspecified atom stereocenters. The molecule has 2 aromatic rings. The summed E-state index contributed by atoms with van der Waals surface area (Å²) in [4.78, 5) is 32.7. The van der Waals surface area contributed by atoms with E-state index in [-0.39, 0.29) is 30.0 Å². The van der Waals surface area contributed by atoms with Crippen molar-refractivity contribution in [2.75, 3.05) is 0 Å². The van der Waals surface area contributed by atoms with Gasteiger partial charge in [-0.05, 0) is 30.2 Å². The van der Waals surface area contributed by atoms with E-state index in [0.29, 0.717) is 11.1 Å². The fraction of sp³-hybridized carbons (Fsp3) is 0.176. The Morgan fingerprint density at radius 1 is 1.17 bits per heavy atom. The minimum atomic E-state index is -0.955. The zero-order valence-corrected chi connectivity index (χ0v) is 12.9. The number of carbonyl (C=O) groups is 2. The Morgan fingerprint density at radius 3 is 2.42 bits per heavy atom. The highest BCUT2D eigenvalue weighted by atomic mass is 16.6. The van der Waals surface area contributed by atoms with Gasteiger partial charge in [-0.25, -0.2) is 0 Å². The maximum atomic E-state index is 11.4. The fourth-order valence-electron chi connectivity index (χ4n) is 2.24. The van der Waals surface area contributed by atoms with Gasteiger partial charge in [0.25, 0.3) is 5.69 Å². The van der Waals surface area contributed by atoms with Gasteiger partial charge >= 0.3 is 5.97 Å². The lowest BCUT2D eigenvalue weighted by molar-refractivity contribution is -0.385. The number of carboxylic acid groups (broad SMARTS) is 1. The number of nitro benzene ring substituents is 1. The summed E-state index contributed by atoms with van der Waals surface area (Å²) in [7, 11) is 0. The Labute approximate surface area is 137 Å². The van der Waals surface area contributed by atoms with Crippen LogP contribution in [0.4, 0.5) is 5.69 Å². The quantitative estimate of drug-likeness (QED) is 0.475. The van der Waals surface area contributed by atoms with Gasteiger partial charge in [-0.3, -0.25) is 19.7 Å². The SMILES string of the molecule is CC(=O)c1ccc(OCc2ccccc2CC(=O)O)cc1[N+](=O)[O-]. The third-order valence-corrected chi connectivity index (χ3v) is 3.40. The van der Waals surface area contributed by atoms with Crippen molar-refractivity contribution in [3.8, 4) is 5.75 Å². The number of hydrogen-bond donors (Lipinski definition) is 1. The molecule has 1 N–H and O–H groups in total. The molecular weight excluding hydrogens is 314 g/mol. The van der Waals surface area contributed by atoms with E-state index in [2.05, 4.69) is 0 Å². The number of Topliss-reactive ketones (excluding diaryl/α,β-unsaturated/α-hetero) is 1. The molecule has 0 saturated heterocycles. The zero-order chi connectivity index (χ0) is 17.7. The van der Waals surface area contributed by atoms with Gasteiger partial charge in [-0.2, -0.15) is 0 Å². The first-order valence-corrected chi connectivity index (χ1v) is 7.09. The number of carbonyl (C=O) groups excluding carboxylic acids is 1. The first-order chi connectivity index (χ1) is 11.4. The van der Waals surface area contributed by atoms with Crippen molar-refractivity contribution in [1.82, 2.24) is 0 Å². The summed E-state index contributed by atoms with van der Waals surface area (Å²) in [6, 6.07) is 10.9. The standard InChI is InChI=1S/C17H15NO6/c1-11(19)15-7-6-14(9-16(15)18(22)23)24-10-13-5-3-2-4-12(13)8-17(20)21/h2-7,9H,8,10H2,1H3,(H,20,21). The summed E-state index contributed by atoms with van der Waals surface area (Å²) in [6.45, 7) is 1.32. The number of ketones is 1. The lowest BCUT2D eigenvalue weighted by atomic mass is 10.1. The lowest BCUT2D eigenvalue weighted by Gasteiger charge is -2.10. The molecule has 2 rings (SSSR count). The number of rotatable bonds is 7. The van der Waals surface area contributed by atoms with Crippen LogP contribution >= 0.6 is 0 Å². The highest BCUT2D eigenvalue weighted by molar-refractivity contribution is 5.98. The number of ether oxygens (including phenoxy) is 1. The second kappa shape index (κ2) is 7.36. The Bertz CT molecular complexity index is 799. The zero-order valence-electron chi connectivity index (χ0n) is 12.9. The van der Waals surface area contributed by atoms with E-state index < -0.39 is 16.7 Å². The highest BCUT2D eigenvalue weighted by Gasteiger charge is 2.18. The molecule has 0 atom stereocenters. The highest BCUT2D eigenvalue weighted by Crippen LogP contribution is 2.26. The first kappa shape index (κ1) is 17.1. The van der Waals surface area contributed by atoms with Crippen LogP contribution in [-0.2, 0) is 17.8 Å². The van der Waals surface area contributed by atoms with Crippen LogP contribution in [-0.4, -0.2) is 21.8 Å². The predicted molar refractivity (Wildman–Crippen MR) is 85.2 cm³/mol. The molecule has 0 aromatic heterocycles. The van der Waals surface area contributed by atoms with Gasteiger partial charge in [-0.15, -0.1) is 0 Å². The van der Waals surface area contributed by atoms with E-state index >= 15 is 0 Å². The van der Waals surface area contributed by atoms with Crippen molar-refractivity contribution in [2.24, 2.45) is 0 Å². The lowest BCUT2D eigenvalue weighted by Crippen LogP contribution is -2.06. The van der Waals surface area contributed by atoms with E-state index in [9.17, 15) is 19.7 Å². The fourth-order valence-corrected chi connectivity index (χ4v) is 2.24. The number of aliphatic carboxylic acids is 1. The molecule has 0 bridgehead atoms. The van der Waals surface area contributed by atoms with Crippen LogP contribution in [0.5, 0.6) is 5.75 Å². The summed E-state index contributed by atoms with van der Waals surface area (Å²) >= 11 is 0. The van der Waals surface area contributed by atoms with Crippen LogP contribution in [0.15, 0.2) is 42.5 Å². The predicted octanol–water partition coefficient (Wildman–Crippen LogP) is 3.00. The maximum Gasteiger partial charge on any atom is 0.307 e. The Hall–Kier alpha value is -3.22. The molecule has 0 aliphatic rings. The summed E-state index contributed by atoms with van der Waals surface area (Å²) < 4.78 is 5.53. The van der Waals surface area contributed by atoms with Gasteiger partial charge in [0.15, 0.2) is 5.78 Å². The average Bonchev–Trinajstić information content (AvgIpc) is 2.53. The van der Waals surface area contributed by atoms with Gasteiger partial charge in [0.2, 0.25) is 0 Å². The smallest absolute Gasteiger partial charge is 0.307 e. The van der Waals surface area contributed by atoms with Gasteiger partial charge in [-0.1, -0.05) is 24.3 Å². The third-order valence-electron chi connectivity index (χ3n) is 3.40. The van der Waals surface area contributed by atoms with Crippen LogP contribution in [0.2, 0.25) is 0 Å². The van der Waals surface area contributed by atoms with Crippen molar-refractivity contribution >= 4 is 17.4 Å². The summed E-state index contributed by atoms with van der Waals surface area (Å²) in [5.41, 5.74) is 0.982. The van der Waals surface area contributed by atoms with Gasteiger partial charge in [0.05, 0.1) is 23.0 Å². The minimum absolute atomic E-state index is 0.0126. The van der Waals surface area contributed by atoms with Crippen LogP contribution in [0.1, 0.15) is 28.4 Å². The van der Waals surface area contributed by atoms with Gasteiger partial charge in [0, 0.05) is 0 Å². The molecular formula is C17H15NO6.